The number of aliphatic carboxylic acids is 1. The van der Waals surface area contributed by atoms with Gasteiger partial charge in [-0.15, -0.1) is 0 Å². The average Bonchev–Trinajstić information content (AvgIpc) is 1.36. The van der Waals surface area contributed by atoms with E-state index >= 15 is 0 Å². The molecule has 6 heteroatoms. The molecule has 0 saturated heterocycles. The second-order valence-electron chi connectivity index (χ2n) is 1.13. The summed E-state index contributed by atoms with van der Waals surface area (Å²) in [6.07, 6.45) is 0. The molecular formula is C3H10NNa3O2. The van der Waals surface area contributed by atoms with E-state index in [0.717, 1.165) is 0 Å². The van der Waals surface area contributed by atoms with E-state index in [9.17, 15) is 4.79 Å². The molecule has 0 bridgehead atoms. The van der Waals surface area contributed by atoms with Crippen LogP contribution < -0.4 is 5.73 Å². The minimum atomic E-state index is -0.963. The van der Waals surface area contributed by atoms with Crippen molar-refractivity contribution in [2.45, 2.75) is 13.0 Å². The summed E-state index contributed by atoms with van der Waals surface area (Å²) in [6.45, 7) is 1.42. The Morgan fingerprint density at radius 3 is 1.56 bits per heavy atom. The van der Waals surface area contributed by atoms with Crippen molar-refractivity contribution in [2.75, 3.05) is 0 Å². The summed E-state index contributed by atoms with van der Waals surface area (Å²) in [5.41, 5.74) is 4.84. The van der Waals surface area contributed by atoms with Crippen LogP contribution in [0, 0.1) is 0 Å². The Morgan fingerprint density at radius 1 is 1.44 bits per heavy atom. The number of nitrogens with two attached hydrogens (primary N) is 1. The van der Waals surface area contributed by atoms with Gasteiger partial charge in [0.25, 0.3) is 0 Å². The van der Waals surface area contributed by atoms with Gasteiger partial charge in [0.2, 0.25) is 0 Å². The molecule has 0 spiro atoms. The molecule has 0 unspecified atom stereocenters. The molecule has 9 heavy (non-hydrogen) atoms. The molecule has 0 heterocycles. The third kappa shape index (κ3) is 17.9. The van der Waals surface area contributed by atoms with E-state index in [0.29, 0.717) is 0 Å². The second-order valence-corrected chi connectivity index (χ2v) is 1.13. The zero-order valence-corrected chi connectivity index (χ0v) is 3.51. The Balaban J connectivity index is -0.0000000417. The maximum absolute atomic E-state index is 9.57. The molecule has 3 nitrogen and oxygen atoms in total. The molecule has 42 valence electrons. The standard InChI is InChI=1S/C3H7NO2.3Na.3H/c1-2(4)3(5)6;;;;;;/h2H,4H2,1H3,(H,5,6);;;;;;/t2-;;;;;;/m0....../s1. The van der Waals surface area contributed by atoms with Crippen LogP contribution in [0.2, 0.25) is 0 Å². The van der Waals surface area contributed by atoms with Gasteiger partial charge in [-0.05, 0) is 6.92 Å². The first-order valence-corrected chi connectivity index (χ1v) is 1.63. The molecular weight excluding hydrogens is 151 g/mol. The third-order valence-corrected chi connectivity index (χ3v) is 0.390. The number of carbonyl (C=O) groups is 1. The predicted octanol–water partition coefficient (Wildman–Crippen LogP) is -2.53. The van der Waals surface area contributed by atoms with Gasteiger partial charge in [-0.3, -0.25) is 4.79 Å². The van der Waals surface area contributed by atoms with Gasteiger partial charge >= 0.3 is 94.6 Å². The molecule has 0 rings (SSSR count). The summed E-state index contributed by atoms with van der Waals surface area (Å²) >= 11 is 0. The van der Waals surface area contributed by atoms with Gasteiger partial charge < -0.3 is 10.8 Å². The zero-order valence-electron chi connectivity index (χ0n) is 3.51. The topological polar surface area (TPSA) is 63.3 Å². The van der Waals surface area contributed by atoms with Crippen molar-refractivity contribution in [3.05, 3.63) is 0 Å². The molecule has 0 aromatic rings. The van der Waals surface area contributed by atoms with Crippen molar-refractivity contribution in [3.8, 4) is 0 Å². The Hall–Kier alpha value is 2.43. The molecule has 1 atom stereocenters. The quantitative estimate of drug-likeness (QED) is 0.417. The Morgan fingerprint density at radius 2 is 1.56 bits per heavy atom. The van der Waals surface area contributed by atoms with Gasteiger partial charge in [0.05, 0.1) is 0 Å². The fraction of sp³-hybridized carbons (Fsp3) is 0.667. The van der Waals surface area contributed by atoms with Crippen LogP contribution in [-0.4, -0.2) is 106 Å². The number of carboxylic acid groups (broad SMARTS) is 1. The van der Waals surface area contributed by atoms with Crippen molar-refractivity contribution in [3.63, 3.8) is 0 Å². The Kier molecular flexibility index (Phi) is 32.7. The van der Waals surface area contributed by atoms with Gasteiger partial charge in [0.15, 0.2) is 0 Å². The number of carboxylic acids is 1. The molecule has 0 fully saturated rings. The number of hydrogen-bond acceptors (Lipinski definition) is 2. The van der Waals surface area contributed by atoms with Crippen LogP contribution in [0.25, 0.3) is 0 Å². The van der Waals surface area contributed by atoms with Crippen molar-refractivity contribution in [2.24, 2.45) is 5.73 Å². The average molecular weight is 161 g/mol. The molecule has 0 aliphatic carbocycles. The normalized spacial score (nSPS) is 9.11. The van der Waals surface area contributed by atoms with Gasteiger partial charge in [-0.2, -0.15) is 0 Å². The van der Waals surface area contributed by atoms with Crippen molar-refractivity contribution in [1.29, 1.82) is 0 Å². The van der Waals surface area contributed by atoms with E-state index in [2.05, 4.69) is 0 Å². The first kappa shape index (κ1) is 22.5. The van der Waals surface area contributed by atoms with Gasteiger partial charge in [-0.1, -0.05) is 0 Å². The molecule has 0 radical (unpaired) electrons. The molecule has 0 aromatic heterocycles. The van der Waals surface area contributed by atoms with Crippen LogP contribution in [0.5, 0.6) is 0 Å². The molecule has 0 amide bonds. The van der Waals surface area contributed by atoms with Crippen LogP contribution in [0.15, 0.2) is 0 Å². The number of hydrogen-bond donors (Lipinski definition) is 2. The van der Waals surface area contributed by atoms with Crippen LogP contribution in [0.3, 0.4) is 0 Å². The van der Waals surface area contributed by atoms with Crippen molar-refractivity contribution in [1.82, 2.24) is 0 Å². The van der Waals surface area contributed by atoms with Gasteiger partial charge in [0.1, 0.15) is 6.04 Å². The second kappa shape index (κ2) is 13.1. The molecule has 0 aliphatic rings. The Bertz CT molecular complexity index is 68.1. The van der Waals surface area contributed by atoms with E-state index in [1.54, 1.807) is 0 Å². The van der Waals surface area contributed by atoms with Crippen molar-refractivity contribution >= 4 is 94.6 Å². The van der Waals surface area contributed by atoms with Crippen LogP contribution in [0.4, 0.5) is 0 Å². The zero-order chi connectivity index (χ0) is 5.15. The van der Waals surface area contributed by atoms with E-state index in [1.165, 1.54) is 6.92 Å². The van der Waals surface area contributed by atoms with E-state index in [1.807, 2.05) is 0 Å². The van der Waals surface area contributed by atoms with Gasteiger partial charge in [0, 0.05) is 0 Å². The fourth-order valence-corrected chi connectivity index (χ4v) is 0. The summed E-state index contributed by atoms with van der Waals surface area (Å²) in [5.74, 6) is -0.963. The summed E-state index contributed by atoms with van der Waals surface area (Å²) in [6, 6.07) is -0.731. The first-order chi connectivity index (χ1) is 2.64. The molecule has 3 N–H and O–H groups in total. The molecule has 0 aromatic carbocycles. The summed E-state index contributed by atoms with van der Waals surface area (Å²) < 4.78 is 0. The predicted molar refractivity (Wildman–Crippen MR) is 42.7 cm³/mol. The fourth-order valence-electron chi connectivity index (χ4n) is 0. The third-order valence-electron chi connectivity index (χ3n) is 0.390. The number of rotatable bonds is 1. The van der Waals surface area contributed by atoms with Crippen LogP contribution in [0.1, 0.15) is 6.92 Å². The summed E-state index contributed by atoms with van der Waals surface area (Å²) in [7, 11) is 0. The van der Waals surface area contributed by atoms with Crippen molar-refractivity contribution < 1.29 is 9.90 Å². The summed E-state index contributed by atoms with van der Waals surface area (Å²) in [5, 5.41) is 7.87. The van der Waals surface area contributed by atoms with Crippen LogP contribution in [-0.2, 0) is 4.79 Å². The minimum absolute atomic E-state index is 0. The first-order valence-electron chi connectivity index (χ1n) is 1.63. The summed E-state index contributed by atoms with van der Waals surface area (Å²) in [4.78, 5) is 9.57. The molecule has 0 aliphatic heterocycles. The van der Waals surface area contributed by atoms with Crippen LogP contribution >= 0.6 is 0 Å². The molecule has 0 saturated carbocycles. The van der Waals surface area contributed by atoms with E-state index in [4.69, 9.17) is 10.8 Å². The monoisotopic (exact) mass is 161 g/mol. The van der Waals surface area contributed by atoms with E-state index in [-0.39, 0.29) is 88.7 Å². The maximum atomic E-state index is 9.57. The SMILES string of the molecule is C[C@H](N)C(=O)O.[NaH].[NaH].[NaH]. The van der Waals surface area contributed by atoms with E-state index < -0.39 is 12.0 Å². The Labute approximate surface area is 121 Å². The van der Waals surface area contributed by atoms with Gasteiger partial charge in [-0.25, -0.2) is 0 Å².